The third-order valence-corrected chi connectivity index (χ3v) is 4.48. The fraction of sp³-hybridized carbons (Fsp3) is 0.556. The van der Waals surface area contributed by atoms with Gasteiger partial charge in [-0.2, -0.15) is 0 Å². The molecule has 1 nitrogen and oxygen atoms in total. The van der Waals surface area contributed by atoms with Crippen molar-refractivity contribution in [1.29, 1.82) is 0 Å². The molecule has 3 rings (SSSR count). The van der Waals surface area contributed by atoms with Gasteiger partial charge in [-0.15, -0.1) is 0 Å². The molecule has 1 unspecified atom stereocenters. The highest BCUT2D eigenvalue weighted by Crippen LogP contribution is 2.37. The molecule has 0 amide bonds. The monoisotopic (exact) mass is 255 g/mol. The van der Waals surface area contributed by atoms with E-state index in [4.69, 9.17) is 0 Å². The van der Waals surface area contributed by atoms with E-state index in [9.17, 15) is 0 Å². The lowest BCUT2D eigenvalue weighted by atomic mass is 9.79. The highest BCUT2D eigenvalue weighted by atomic mass is 15.2. The maximum atomic E-state index is 2.69. The van der Waals surface area contributed by atoms with Crippen LogP contribution in [-0.2, 0) is 0 Å². The Balaban J connectivity index is 1.76. The van der Waals surface area contributed by atoms with Crippen LogP contribution in [0.3, 0.4) is 0 Å². The van der Waals surface area contributed by atoms with Gasteiger partial charge in [0.25, 0.3) is 0 Å². The zero-order chi connectivity index (χ0) is 13.3. The fourth-order valence-corrected chi connectivity index (χ4v) is 3.64. The summed E-state index contributed by atoms with van der Waals surface area (Å²) in [5.41, 5.74) is 3.56. The van der Waals surface area contributed by atoms with Crippen molar-refractivity contribution in [3.8, 4) is 0 Å². The second-order valence-electron chi connectivity index (χ2n) is 6.96. The van der Waals surface area contributed by atoms with Crippen LogP contribution in [0.25, 0.3) is 6.08 Å². The molecule has 1 heteroatoms. The highest BCUT2D eigenvalue weighted by molar-refractivity contribution is 5.54. The van der Waals surface area contributed by atoms with Crippen molar-refractivity contribution in [3.63, 3.8) is 0 Å². The van der Waals surface area contributed by atoms with E-state index >= 15 is 0 Å². The molecule has 1 aliphatic carbocycles. The van der Waals surface area contributed by atoms with Crippen molar-refractivity contribution in [2.24, 2.45) is 5.41 Å². The van der Waals surface area contributed by atoms with E-state index in [1.54, 1.807) is 5.57 Å². The maximum absolute atomic E-state index is 2.69. The van der Waals surface area contributed by atoms with Crippen LogP contribution in [0.5, 0.6) is 0 Å². The molecular weight excluding hydrogens is 230 g/mol. The summed E-state index contributed by atoms with van der Waals surface area (Å²) in [6.45, 7) is 7.30. The molecule has 2 aliphatic rings. The second kappa shape index (κ2) is 5.13. The summed E-state index contributed by atoms with van der Waals surface area (Å²) >= 11 is 0. The summed E-state index contributed by atoms with van der Waals surface area (Å²) in [4.78, 5) is 2.69. The van der Waals surface area contributed by atoms with Gasteiger partial charge < -0.3 is 0 Å². The molecule has 1 aliphatic heterocycles. The minimum absolute atomic E-state index is 0.537. The third-order valence-electron chi connectivity index (χ3n) is 4.48. The third kappa shape index (κ3) is 2.92. The summed E-state index contributed by atoms with van der Waals surface area (Å²) < 4.78 is 0. The van der Waals surface area contributed by atoms with Gasteiger partial charge in [-0.05, 0) is 30.2 Å². The smallest absolute Gasteiger partial charge is 0.0311 e. The average molecular weight is 255 g/mol. The van der Waals surface area contributed by atoms with Crippen molar-refractivity contribution in [3.05, 3.63) is 41.5 Å². The van der Waals surface area contributed by atoms with Crippen LogP contribution in [0.15, 0.2) is 35.9 Å². The van der Waals surface area contributed by atoms with Crippen molar-refractivity contribution in [1.82, 2.24) is 4.90 Å². The molecule has 1 atom stereocenters. The molecule has 1 heterocycles. The van der Waals surface area contributed by atoms with Gasteiger partial charge in [0.15, 0.2) is 0 Å². The zero-order valence-corrected chi connectivity index (χ0v) is 12.2. The van der Waals surface area contributed by atoms with E-state index in [1.165, 1.54) is 44.3 Å². The van der Waals surface area contributed by atoms with Crippen LogP contribution in [0.1, 0.15) is 45.1 Å². The van der Waals surface area contributed by atoms with E-state index in [1.807, 2.05) is 0 Å². The lowest BCUT2D eigenvalue weighted by molar-refractivity contribution is -0.00121. The molecule has 0 aromatic heterocycles. The number of benzene rings is 1. The van der Waals surface area contributed by atoms with Crippen LogP contribution in [0, 0.1) is 5.41 Å². The number of hydrogen-bond donors (Lipinski definition) is 0. The molecule has 19 heavy (non-hydrogen) atoms. The van der Waals surface area contributed by atoms with E-state index in [0.29, 0.717) is 11.5 Å². The summed E-state index contributed by atoms with van der Waals surface area (Å²) in [5.74, 6) is 0. The quantitative estimate of drug-likeness (QED) is 0.759. The van der Waals surface area contributed by atoms with Crippen molar-refractivity contribution < 1.29 is 0 Å². The summed E-state index contributed by atoms with van der Waals surface area (Å²) in [6, 6.07) is 11.5. The van der Waals surface area contributed by atoms with Crippen LogP contribution >= 0.6 is 0 Å². The van der Waals surface area contributed by atoms with Gasteiger partial charge in [-0.3, -0.25) is 4.90 Å². The Morgan fingerprint density at radius 1 is 1.11 bits per heavy atom. The van der Waals surface area contributed by atoms with Crippen molar-refractivity contribution in [2.75, 3.05) is 13.1 Å². The molecular formula is C18H25N. The Bertz CT molecular complexity index is 450. The van der Waals surface area contributed by atoms with Crippen LogP contribution in [0.4, 0.5) is 0 Å². The second-order valence-corrected chi connectivity index (χ2v) is 6.96. The predicted octanol–water partition coefficient (Wildman–Crippen LogP) is 4.35. The first-order chi connectivity index (χ1) is 9.14. The molecule has 0 bridgehead atoms. The molecule has 0 N–H and O–H groups in total. The number of nitrogens with zero attached hydrogens (tertiary/aromatic N) is 1. The fourth-order valence-electron chi connectivity index (χ4n) is 3.64. The van der Waals surface area contributed by atoms with E-state index in [-0.39, 0.29) is 0 Å². The Kier molecular flexibility index (Phi) is 3.49. The Morgan fingerprint density at radius 3 is 2.53 bits per heavy atom. The molecule has 1 saturated heterocycles. The Morgan fingerprint density at radius 2 is 1.84 bits per heavy atom. The van der Waals surface area contributed by atoms with Gasteiger partial charge in [0.1, 0.15) is 0 Å². The Labute approximate surface area is 117 Å². The molecule has 2 fully saturated rings. The first-order valence-electron chi connectivity index (χ1n) is 7.64. The lowest BCUT2D eigenvalue weighted by Gasteiger charge is -2.51. The first-order valence-corrected chi connectivity index (χ1v) is 7.64. The van der Waals surface area contributed by atoms with Crippen molar-refractivity contribution in [2.45, 2.75) is 45.6 Å². The summed E-state index contributed by atoms with van der Waals surface area (Å²) in [5, 5.41) is 0. The van der Waals surface area contributed by atoms with Gasteiger partial charge in [-0.1, -0.05) is 62.2 Å². The molecule has 1 aromatic rings. The van der Waals surface area contributed by atoms with Crippen LogP contribution < -0.4 is 0 Å². The van der Waals surface area contributed by atoms with Gasteiger partial charge in [0.05, 0.1) is 0 Å². The van der Waals surface area contributed by atoms with Crippen molar-refractivity contribution >= 4 is 6.08 Å². The van der Waals surface area contributed by atoms with Gasteiger partial charge >= 0.3 is 0 Å². The highest BCUT2D eigenvalue weighted by Gasteiger charge is 2.39. The summed E-state index contributed by atoms with van der Waals surface area (Å²) in [6.07, 6.45) is 7.85. The number of rotatable bonds is 2. The van der Waals surface area contributed by atoms with E-state index in [0.717, 1.165) is 0 Å². The lowest BCUT2D eigenvalue weighted by Crippen LogP contribution is -2.57. The largest absolute Gasteiger partial charge is 0.295 e. The molecule has 1 aromatic carbocycles. The minimum atomic E-state index is 0.537. The molecule has 1 saturated carbocycles. The molecule has 0 spiro atoms. The van der Waals surface area contributed by atoms with Gasteiger partial charge in [0, 0.05) is 19.1 Å². The number of likely N-dealkylation sites (tertiary alicyclic amines) is 1. The number of hydrogen-bond acceptors (Lipinski definition) is 1. The normalized spacial score (nSPS) is 29.2. The zero-order valence-electron chi connectivity index (χ0n) is 12.2. The molecule has 102 valence electrons. The predicted molar refractivity (Wildman–Crippen MR) is 82.0 cm³/mol. The summed E-state index contributed by atoms with van der Waals surface area (Å²) in [7, 11) is 0. The average Bonchev–Trinajstić information content (AvgIpc) is 2.38. The molecule has 0 radical (unpaired) electrons. The standard InChI is InChI=1S/C18H25N/c1-18(2)13-19(14-18)17-11-7-6-10-16(17)12-15-8-4-3-5-9-15/h3-5,8-9,12,17H,6-7,10-11,13-14H2,1-2H3. The first kappa shape index (κ1) is 12.9. The van der Waals surface area contributed by atoms with Gasteiger partial charge in [0.2, 0.25) is 0 Å². The van der Waals surface area contributed by atoms with E-state index in [2.05, 4.69) is 55.2 Å². The van der Waals surface area contributed by atoms with Crippen LogP contribution in [0.2, 0.25) is 0 Å². The topological polar surface area (TPSA) is 3.24 Å². The van der Waals surface area contributed by atoms with E-state index < -0.39 is 0 Å². The van der Waals surface area contributed by atoms with Crippen LogP contribution in [-0.4, -0.2) is 24.0 Å². The van der Waals surface area contributed by atoms with Gasteiger partial charge in [-0.25, -0.2) is 0 Å². The Hall–Kier alpha value is -1.08. The minimum Gasteiger partial charge on any atom is -0.295 e. The SMILES string of the molecule is CC1(C)CN(C2CCCCC2=Cc2ccccc2)C1. The maximum Gasteiger partial charge on any atom is 0.0311 e.